The van der Waals surface area contributed by atoms with Crippen molar-refractivity contribution in [1.29, 1.82) is 0 Å². The number of ether oxygens (including phenoxy) is 1. The summed E-state index contributed by atoms with van der Waals surface area (Å²) < 4.78 is 24.5. The molecular formula is C20H28N4O3S. The van der Waals surface area contributed by atoms with E-state index in [0.717, 1.165) is 51.5 Å². The number of nitrogens with two attached hydrogens (primary N) is 1. The normalized spacial score (nSPS) is 25.4. The van der Waals surface area contributed by atoms with E-state index < -0.39 is 11.2 Å². The Hall–Kier alpha value is -2.09. The number of anilines is 1. The molecule has 7 nitrogen and oxygen atoms in total. The van der Waals surface area contributed by atoms with Gasteiger partial charge in [-0.25, -0.2) is 4.21 Å². The summed E-state index contributed by atoms with van der Waals surface area (Å²) in [5.74, 6) is 1.31. The van der Waals surface area contributed by atoms with Crippen LogP contribution in [0.1, 0.15) is 56.9 Å². The minimum absolute atomic E-state index is 0.0860. The fraction of sp³-hybridized carbons (Fsp3) is 0.600. The zero-order chi connectivity index (χ0) is 19.5. The fourth-order valence-corrected chi connectivity index (χ4v) is 5.16. The predicted molar refractivity (Wildman–Crippen MR) is 110 cm³/mol. The highest BCUT2D eigenvalue weighted by molar-refractivity contribution is 7.85. The molecule has 2 atom stereocenters. The average molecular weight is 405 g/mol. The molecule has 2 aliphatic heterocycles. The van der Waals surface area contributed by atoms with Crippen molar-refractivity contribution in [3.05, 3.63) is 23.8 Å². The van der Waals surface area contributed by atoms with E-state index in [1.807, 2.05) is 12.1 Å². The fourth-order valence-electron chi connectivity index (χ4n) is 4.49. The lowest BCUT2D eigenvalue weighted by Gasteiger charge is -2.38. The van der Waals surface area contributed by atoms with E-state index in [1.54, 1.807) is 6.07 Å². The van der Waals surface area contributed by atoms with Gasteiger partial charge in [0, 0.05) is 12.5 Å². The lowest BCUT2D eigenvalue weighted by atomic mass is 9.87. The number of amides is 1. The number of hydrogen-bond donors (Lipinski definition) is 2. The number of nitrogens with one attached hydrogen (secondary N) is 1. The van der Waals surface area contributed by atoms with Crippen molar-refractivity contribution in [2.24, 2.45) is 16.0 Å². The molecule has 2 fully saturated rings. The van der Waals surface area contributed by atoms with Crippen molar-refractivity contribution in [3.63, 3.8) is 0 Å². The monoisotopic (exact) mass is 404 g/mol. The van der Waals surface area contributed by atoms with Gasteiger partial charge in [-0.05, 0) is 44.2 Å². The van der Waals surface area contributed by atoms with Gasteiger partial charge < -0.3 is 15.4 Å². The molecule has 152 valence electrons. The van der Waals surface area contributed by atoms with Crippen molar-refractivity contribution in [2.45, 2.75) is 57.4 Å². The van der Waals surface area contributed by atoms with Gasteiger partial charge in [-0.3, -0.25) is 9.52 Å². The van der Waals surface area contributed by atoms with E-state index in [-0.39, 0.29) is 17.8 Å². The maximum atomic E-state index is 13.1. The second kappa shape index (κ2) is 8.51. The largest absolute Gasteiger partial charge is 0.491 e. The molecule has 0 radical (unpaired) electrons. The maximum Gasteiger partial charge on any atom is 0.245 e. The van der Waals surface area contributed by atoms with Crippen molar-refractivity contribution >= 4 is 28.6 Å². The molecule has 1 aliphatic carbocycles. The summed E-state index contributed by atoms with van der Waals surface area (Å²) in [4.78, 5) is 15.1. The third-order valence-electron chi connectivity index (χ3n) is 5.96. The molecule has 8 heteroatoms. The zero-order valence-corrected chi connectivity index (χ0v) is 16.9. The highest BCUT2D eigenvalue weighted by atomic mass is 32.2. The predicted octanol–water partition coefficient (Wildman–Crippen LogP) is 2.74. The minimum atomic E-state index is -1.56. The maximum absolute atomic E-state index is 13.1. The molecule has 0 spiro atoms. The SMILES string of the molecule is NC1=NS(=O)Nc2cccc(OC[C@H]3CCCCN3C(=O)C3CCCCC3)c21. The number of fused-ring (bicyclic) bond motifs is 1. The lowest BCUT2D eigenvalue weighted by molar-refractivity contribution is -0.141. The molecule has 1 aromatic carbocycles. The number of amidine groups is 1. The Kier molecular flexibility index (Phi) is 5.85. The van der Waals surface area contributed by atoms with Crippen LogP contribution < -0.4 is 15.2 Å². The molecule has 1 unspecified atom stereocenters. The Balaban J connectivity index is 1.47. The van der Waals surface area contributed by atoms with Gasteiger partial charge in [-0.1, -0.05) is 25.3 Å². The standard InChI is InChI=1S/C20H28N4O3S/c21-19-18-16(22-28(26)23-19)10-6-11-17(18)27-13-15-9-4-5-12-24(15)20(25)14-7-2-1-3-8-14/h6,10-11,14-15,22H,1-5,7-9,12-13H2,(H2,21,23)/t15-,28?/m1/s1. The first-order chi connectivity index (χ1) is 13.6. The van der Waals surface area contributed by atoms with Gasteiger partial charge in [0.1, 0.15) is 18.2 Å². The molecule has 1 aromatic rings. The summed E-state index contributed by atoms with van der Waals surface area (Å²) in [6, 6.07) is 5.57. The Morgan fingerprint density at radius 2 is 2.00 bits per heavy atom. The highest BCUT2D eigenvalue weighted by Crippen LogP contribution is 2.31. The Morgan fingerprint density at radius 3 is 2.82 bits per heavy atom. The Bertz CT molecular complexity index is 792. The third-order valence-corrected chi connectivity index (χ3v) is 6.71. The van der Waals surface area contributed by atoms with E-state index in [1.165, 1.54) is 6.42 Å². The van der Waals surface area contributed by atoms with Crippen molar-refractivity contribution in [2.75, 3.05) is 17.9 Å². The number of nitrogens with zero attached hydrogens (tertiary/aromatic N) is 2. The summed E-state index contributed by atoms with van der Waals surface area (Å²) in [6.45, 7) is 1.26. The van der Waals surface area contributed by atoms with Gasteiger partial charge in [-0.2, -0.15) is 4.40 Å². The van der Waals surface area contributed by atoms with Crippen LogP contribution in [0.5, 0.6) is 5.75 Å². The molecule has 1 amide bonds. The topological polar surface area (TPSA) is 97.0 Å². The summed E-state index contributed by atoms with van der Waals surface area (Å²) in [5.41, 5.74) is 7.29. The third kappa shape index (κ3) is 4.01. The summed E-state index contributed by atoms with van der Waals surface area (Å²) in [5, 5.41) is 0. The van der Waals surface area contributed by atoms with Crippen LogP contribution >= 0.6 is 0 Å². The average Bonchev–Trinajstić information content (AvgIpc) is 2.72. The first-order valence-electron chi connectivity index (χ1n) is 10.2. The molecule has 2 heterocycles. The Labute approximate surface area is 168 Å². The highest BCUT2D eigenvalue weighted by Gasteiger charge is 2.33. The number of carbonyl (C=O) groups is 1. The number of carbonyl (C=O) groups excluding carboxylic acids is 1. The molecular weight excluding hydrogens is 376 g/mol. The summed E-state index contributed by atoms with van der Waals surface area (Å²) in [7, 11) is 0. The quantitative estimate of drug-likeness (QED) is 0.806. The van der Waals surface area contributed by atoms with Crippen LogP contribution in [0.4, 0.5) is 5.69 Å². The first kappa shape index (κ1) is 19.2. The second-order valence-corrected chi connectivity index (χ2v) is 8.72. The number of rotatable bonds is 4. The molecule has 28 heavy (non-hydrogen) atoms. The first-order valence-corrected chi connectivity index (χ1v) is 11.3. The number of piperidine rings is 1. The summed E-state index contributed by atoms with van der Waals surface area (Å²) >= 11 is -1.56. The van der Waals surface area contributed by atoms with E-state index >= 15 is 0 Å². The van der Waals surface area contributed by atoms with Gasteiger partial charge in [0.2, 0.25) is 17.1 Å². The number of likely N-dealkylation sites (tertiary alicyclic amines) is 1. The van der Waals surface area contributed by atoms with E-state index in [4.69, 9.17) is 10.5 Å². The minimum Gasteiger partial charge on any atom is -0.491 e. The molecule has 0 bridgehead atoms. The van der Waals surface area contributed by atoms with Crippen LogP contribution in [0.3, 0.4) is 0 Å². The molecule has 4 rings (SSSR count). The molecule has 3 aliphatic rings. The van der Waals surface area contributed by atoms with Crippen LogP contribution in [-0.2, 0) is 16.0 Å². The smallest absolute Gasteiger partial charge is 0.245 e. The zero-order valence-electron chi connectivity index (χ0n) is 16.1. The Morgan fingerprint density at radius 1 is 1.21 bits per heavy atom. The lowest BCUT2D eigenvalue weighted by Crippen LogP contribution is -2.49. The van der Waals surface area contributed by atoms with E-state index in [2.05, 4.69) is 14.0 Å². The van der Waals surface area contributed by atoms with Gasteiger partial charge in [0.15, 0.2) is 0 Å². The van der Waals surface area contributed by atoms with Crippen LogP contribution in [-0.4, -0.2) is 40.0 Å². The van der Waals surface area contributed by atoms with E-state index in [0.29, 0.717) is 29.5 Å². The summed E-state index contributed by atoms with van der Waals surface area (Å²) in [6.07, 6.45) is 8.74. The van der Waals surface area contributed by atoms with Crippen molar-refractivity contribution in [1.82, 2.24) is 4.90 Å². The van der Waals surface area contributed by atoms with Gasteiger partial charge in [0.25, 0.3) is 0 Å². The number of benzene rings is 1. The number of hydrogen-bond acceptors (Lipinski definition) is 4. The van der Waals surface area contributed by atoms with Gasteiger partial charge in [0.05, 0.1) is 17.3 Å². The van der Waals surface area contributed by atoms with Crippen LogP contribution in [0.25, 0.3) is 0 Å². The van der Waals surface area contributed by atoms with Crippen LogP contribution in [0.2, 0.25) is 0 Å². The van der Waals surface area contributed by atoms with Crippen molar-refractivity contribution < 1.29 is 13.7 Å². The molecule has 0 aromatic heterocycles. The molecule has 3 N–H and O–H groups in total. The molecule has 1 saturated heterocycles. The van der Waals surface area contributed by atoms with Gasteiger partial charge in [-0.15, -0.1) is 0 Å². The van der Waals surface area contributed by atoms with E-state index in [9.17, 15) is 9.00 Å². The van der Waals surface area contributed by atoms with Gasteiger partial charge >= 0.3 is 0 Å². The van der Waals surface area contributed by atoms with Crippen molar-refractivity contribution in [3.8, 4) is 5.75 Å². The van der Waals surface area contributed by atoms with Crippen LogP contribution in [0.15, 0.2) is 22.6 Å². The second-order valence-electron chi connectivity index (χ2n) is 7.83. The van der Waals surface area contributed by atoms with Crippen LogP contribution in [0, 0.1) is 5.92 Å². The molecule has 1 saturated carbocycles.